The zero-order valence-electron chi connectivity index (χ0n) is 29.8. The first-order valence-electron chi connectivity index (χ1n) is 18.7. The smallest absolute Gasteiger partial charge is 0.145 e. The van der Waals surface area contributed by atoms with Crippen molar-refractivity contribution in [3.05, 3.63) is 200 Å². The standard InChI is InChI=1S/C52H33NOS/c1-4-14-34(15-5-1)35-28-31-39(32-29-35)53(46-26-12-24-43-42-23-11-22-41(51(42)55-52(43)46)37-18-8-3-9-19-37)45-25-10-20-38-30-33-44-49-40(36-16-6-2-7-17-36)21-13-27-47(49)54-50(44)48(38)45/h1-33H. The molecule has 0 radical (unpaired) electrons. The Hall–Kier alpha value is -6.94. The summed E-state index contributed by atoms with van der Waals surface area (Å²) in [5, 5.41) is 6.99. The first-order chi connectivity index (χ1) is 27.3. The van der Waals surface area contributed by atoms with Crippen LogP contribution in [0.25, 0.3) is 86.3 Å². The maximum absolute atomic E-state index is 6.94. The summed E-state index contributed by atoms with van der Waals surface area (Å²) < 4.78 is 9.48. The molecular formula is C52H33NOS. The van der Waals surface area contributed by atoms with Crippen molar-refractivity contribution in [2.24, 2.45) is 0 Å². The summed E-state index contributed by atoms with van der Waals surface area (Å²) in [6.07, 6.45) is 0. The van der Waals surface area contributed by atoms with Crippen LogP contribution in [0, 0.1) is 0 Å². The Kier molecular flexibility index (Phi) is 7.39. The predicted octanol–water partition coefficient (Wildman–Crippen LogP) is 15.6. The zero-order valence-corrected chi connectivity index (χ0v) is 30.6. The van der Waals surface area contributed by atoms with E-state index in [1.54, 1.807) is 0 Å². The minimum absolute atomic E-state index is 0.887. The molecule has 2 aromatic heterocycles. The maximum Gasteiger partial charge on any atom is 0.145 e. The van der Waals surface area contributed by atoms with Gasteiger partial charge in [-0.25, -0.2) is 0 Å². The van der Waals surface area contributed by atoms with Gasteiger partial charge in [-0.3, -0.25) is 0 Å². The van der Waals surface area contributed by atoms with Crippen LogP contribution in [-0.4, -0.2) is 0 Å². The van der Waals surface area contributed by atoms with Crippen LogP contribution in [0.1, 0.15) is 0 Å². The fraction of sp³-hybridized carbons (Fsp3) is 0. The van der Waals surface area contributed by atoms with Crippen molar-refractivity contribution in [3.8, 4) is 33.4 Å². The van der Waals surface area contributed by atoms with Crippen LogP contribution in [0.5, 0.6) is 0 Å². The van der Waals surface area contributed by atoms with Crippen molar-refractivity contribution < 1.29 is 4.42 Å². The van der Waals surface area contributed by atoms with Crippen molar-refractivity contribution in [1.29, 1.82) is 0 Å². The third-order valence-electron chi connectivity index (χ3n) is 10.9. The molecule has 0 unspecified atom stereocenters. The van der Waals surface area contributed by atoms with Crippen molar-refractivity contribution in [1.82, 2.24) is 0 Å². The average Bonchev–Trinajstić information content (AvgIpc) is 3.84. The lowest BCUT2D eigenvalue weighted by atomic mass is 9.97. The third kappa shape index (κ3) is 5.16. The van der Waals surface area contributed by atoms with Gasteiger partial charge in [-0.2, -0.15) is 0 Å². The number of furan rings is 1. The number of benzene rings is 9. The first kappa shape index (κ1) is 31.6. The highest BCUT2D eigenvalue weighted by Crippen LogP contribution is 2.50. The molecule has 0 aliphatic heterocycles. The van der Waals surface area contributed by atoms with E-state index in [2.05, 4.69) is 205 Å². The van der Waals surface area contributed by atoms with Gasteiger partial charge in [-0.15, -0.1) is 11.3 Å². The van der Waals surface area contributed by atoms with E-state index in [1.807, 2.05) is 11.3 Å². The maximum atomic E-state index is 6.94. The van der Waals surface area contributed by atoms with Crippen LogP contribution < -0.4 is 4.90 Å². The molecule has 0 aliphatic carbocycles. The van der Waals surface area contributed by atoms with Crippen molar-refractivity contribution in [3.63, 3.8) is 0 Å². The highest BCUT2D eigenvalue weighted by Gasteiger charge is 2.24. The zero-order chi connectivity index (χ0) is 36.3. The molecule has 0 atom stereocenters. The summed E-state index contributed by atoms with van der Waals surface area (Å²) in [6.45, 7) is 0. The molecule has 0 saturated carbocycles. The van der Waals surface area contributed by atoms with Gasteiger partial charge in [0.25, 0.3) is 0 Å². The molecule has 0 N–H and O–H groups in total. The van der Waals surface area contributed by atoms with E-state index in [1.165, 1.54) is 53.6 Å². The average molecular weight is 720 g/mol. The van der Waals surface area contributed by atoms with Gasteiger partial charge in [0.15, 0.2) is 0 Å². The second-order valence-corrected chi connectivity index (χ2v) is 15.0. The Balaban J connectivity index is 1.20. The number of nitrogens with zero attached hydrogens (tertiary/aromatic N) is 1. The van der Waals surface area contributed by atoms with Gasteiger partial charge in [-0.05, 0) is 75.2 Å². The molecule has 258 valence electrons. The van der Waals surface area contributed by atoms with Crippen LogP contribution in [-0.2, 0) is 0 Å². The lowest BCUT2D eigenvalue weighted by Crippen LogP contribution is -2.10. The summed E-state index contributed by atoms with van der Waals surface area (Å²) in [4.78, 5) is 2.45. The van der Waals surface area contributed by atoms with E-state index in [0.29, 0.717) is 0 Å². The Morgan fingerprint density at radius 1 is 0.364 bits per heavy atom. The largest absolute Gasteiger partial charge is 0.455 e. The van der Waals surface area contributed by atoms with Crippen LogP contribution in [0.2, 0.25) is 0 Å². The van der Waals surface area contributed by atoms with Crippen molar-refractivity contribution >= 4 is 81.3 Å². The predicted molar refractivity (Wildman–Crippen MR) is 235 cm³/mol. The summed E-state index contributed by atoms with van der Waals surface area (Å²) in [7, 11) is 0. The third-order valence-corrected chi connectivity index (χ3v) is 12.1. The quantitative estimate of drug-likeness (QED) is 0.170. The number of thiophene rings is 1. The highest BCUT2D eigenvalue weighted by molar-refractivity contribution is 7.27. The van der Waals surface area contributed by atoms with Gasteiger partial charge in [0.05, 0.1) is 16.1 Å². The number of hydrogen-bond donors (Lipinski definition) is 0. The fourth-order valence-corrected chi connectivity index (χ4v) is 9.69. The van der Waals surface area contributed by atoms with Crippen LogP contribution >= 0.6 is 11.3 Å². The van der Waals surface area contributed by atoms with Gasteiger partial charge >= 0.3 is 0 Å². The van der Waals surface area contributed by atoms with E-state index < -0.39 is 0 Å². The summed E-state index contributed by atoms with van der Waals surface area (Å²) in [6, 6.07) is 71.9. The minimum Gasteiger partial charge on any atom is -0.455 e. The van der Waals surface area contributed by atoms with Crippen LogP contribution in [0.3, 0.4) is 0 Å². The number of anilines is 3. The Bertz CT molecular complexity index is 3180. The molecule has 11 aromatic rings. The minimum atomic E-state index is 0.887. The van der Waals surface area contributed by atoms with Gasteiger partial charge < -0.3 is 9.32 Å². The lowest BCUT2D eigenvalue weighted by Gasteiger charge is -2.27. The van der Waals surface area contributed by atoms with Gasteiger partial charge in [0, 0.05) is 37.3 Å². The Labute approximate surface area is 322 Å². The van der Waals surface area contributed by atoms with Gasteiger partial charge in [0.2, 0.25) is 0 Å². The van der Waals surface area contributed by atoms with E-state index in [4.69, 9.17) is 4.42 Å². The molecule has 0 spiro atoms. The molecule has 0 aliphatic rings. The Morgan fingerprint density at radius 2 is 0.945 bits per heavy atom. The molecule has 2 heterocycles. The topological polar surface area (TPSA) is 16.4 Å². The van der Waals surface area contributed by atoms with Gasteiger partial charge in [-0.1, -0.05) is 164 Å². The molecule has 2 nitrogen and oxygen atoms in total. The van der Waals surface area contributed by atoms with E-state index in [-0.39, 0.29) is 0 Å². The second-order valence-electron chi connectivity index (χ2n) is 14.0. The molecule has 0 saturated heterocycles. The number of fused-ring (bicyclic) bond motifs is 8. The summed E-state index contributed by atoms with van der Waals surface area (Å²) in [5.74, 6) is 0. The molecule has 55 heavy (non-hydrogen) atoms. The summed E-state index contributed by atoms with van der Waals surface area (Å²) in [5.41, 5.74) is 12.3. The fourth-order valence-electron chi connectivity index (χ4n) is 8.35. The van der Waals surface area contributed by atoms with E-state index in [0.717, 1.165) is 49.8 Å². The summed E-state index contributed by atoms with van der Waals surface area (Å²) >= 11 is 1.87. The Morgan fingerprint density at radius 3 is 1.69 bits per heavy atom. The lowest BCUT2D eigenvalue weighted by molar-refractivity contribution is 0.673. The molecule has 0 amide bonds. The van der Waals surface area contributed by atoms with E-state index in [9.17, 15) is 0 Å². The molecule has 0 bridgehead atoms. The van der Waals surface area contributed by atoms with E-state index >= 15 is 0 Å². The highest BCUT2D eigenvalue weighted by atomic mass is 32.1. The van der Waals surface area contributed by atoms with Crippen LogP contribution in [0.15, 0.2) is 205 Å². The SMILES string of the molecule is c1ccc(-c2ccc(N(c3cccc4c3sc3c(-c5ccccc5)cccc34)c3cccc4ccc5c(oc6cccc(-c7ccccc7)c65)c34)cc2)cc1. The van der Waals surface area contributed by atoms with Crippen molar-refractivity contribution in [2.75, 3.05) is 4.90 Å². The normalized spacial score (nSPS) is 11.6. The first-order valence-corrected chi connectivity index (χ1v) is 19.5. The molecule has 0 fully saturated rings. The molecule has 9 aromatic carbocycles. The molecule has 11 rings (SSSR count). The monoisotopic (exact) mass is 719 g/mol. The molecule has 3 heteroatoms. The molecular weight excluding hydrogens is 687 g/mol. The van der Waals surface area contributed by atoms with Crippen LogP contribution in [0.4, 0.5) is 17.1 Å². The second kappa shape index (κ2) is 12.9. The number of hydrogen-bond acceptors (Lipinski definition) is 3. The van der Waals surface area contributed by atoms with Gasteiger partial charge in [0.1, 0.15) is 11.2 Å². The van der Waals surface area contributed by atoms with Crippen molar-refractivity contribution in [2.45, 2.75) is 0 Å². The number of rotatable bonds is 6.